The molecule has 0 saturated carbocycles. The topological polar surface area (TPSA) is 133 Å². The Bertz CT molecular complexity index is 143. The highest BCUT2D eigenvalue weighted by atomic mass is 16.3. The van der Waals surface area contributed by atoms with E-state index in [1.807, 2.05) is 0 Å². The number of aliphatic hydroxyl groups excluding tert-OH is 4. The predicted octanol–water partition coefficient (Wildman–Crippen LogP) is -2.71. The van der Waals surface area contributed by atoms with E-state index in [-0.39, 0.29) is 6.42 Å². The van der Waals surface area contributed by atoms with E-state index < -0.39 is 30.6 Å². The minimum absolute atomic E-state index is 0.225. The highest BCUT2D eigenvalue weighted by molar-refractivity contribution is 4.93. The van der Waals surface area contributed by atoms with Gasteiger partial charge < -0.3 is 31.9 Å². The van der Waals surface area contributed by atoms with E-state index >= 15 is 0 Å². The molecule has 0 spiro atoms. The summed E-state index contributed by atoms with van der Waals surface area (Å²) in [5, 5.41) is 36.8. The second-order valence-corrected chi connectivity index (χ2v) is 3.08. The molecule has 0 aromatic rings. The molecule has 0 amide bonds. The number of nitrogens with two attached hydrogens (primary N) is 2. The van der Waals surface area contributed by atoms with Crippen LogP contribution in [0.15, 0.2) is 0 Å². The van der Waals surface area contributed by atoms with Crippen LogP contribution in [0.2, 0.25) is 0 Å². The Kier molecular flexibility index (Phi) is 4.76. The van der Waals surface area contributed by atoms with E-state index in [1.54, 1.807) is 6.92 Å². The lowest BCUT2D eigenvalue weighted by Gasteiger charge is -2.40. The van der Waals surface area contributed by atoms with Gasteiger partial charge in [0, 0.05) is 0 Å². The lowest BCUT2D eigenvalue weighted by molar-refractivity contribution is -0.158. The molecule has 0 radical (unpaired) electrons. The van der Waals surface area contributed by atoms with E-state index in [9.17, 15) is 5.11 Å². The van der Waals surface area contributed by atoms with Gasteiger partial charge in [-0.3, -0.25) is 0 Å². The fourth-order valence-electron chi connectivity index (χ4n) is 1.24. The predicted molar refractivity (Wildman–Crippen MR) is 46.2 cm³/mol. The van der Waals surface area contributed by atoms with Crippen LogP contribution in [0, 0.1) is 5.41 Å². The molecule has 3 unspecified atom stereocenters. The third-order valence-corrected chi connectivity index (χ3v) is 2.38. The van der Waals surface area contributed by atoms with Crippen LogP contribution in [0.5, 0.6) is 0 Å². The maximum Gasteiger partial charge on any atom is 0.116 e. The van der Waals surface area contributed by atoms with Crippen LogP contribution in [-0.2, 0) is 0 Å². The molecule has 0 aromatic carbocycles. The lowest BCUT2D eigenvalue weighted by atomic mass is 9.78. The summed E-state index contributed by atoms with van der Waals surface area (Å²) < 4.78 is 0. The van der Waals surface area contributed by atoms with Gasteiger partial charge in [-0.1, -0.05) is 6.92 Å². The Morgan fingerprint density at radius 3 is 1.62 bits per heavy atom. The van der Waals surface area contributed by atoms with Crippen molar-refractivity contribution in [1.29, 1.82) is 0 Å². The molecule has 0 rings (SSSR count). The molecule has 0 aromatic heterocycles. The fourth-order valence-corrected chi connectivity index (χ4v) is 1.24. The van der Waals surface area contributed by atoms with Gasteiger partial charge in [0.25, 0.3) is 0 Å². The third-order valence-electron chi connectivity index (χ3n) is 2.38. The van der Waals surface area contributed by atoms with Crippen LogP contribution in [0.25, 0.3) is 0 Å². The molecule has 0 fully saturated rings. The summed E-state index contributed by atoms with van der Waals surface area (Å²) in [6.07, 6.45) is -4.08. The third kappa shape index (κ3) is 2.16. The lowest BCUT2D eigenvalue weighted by Crippen LogP contribution is -2.62. The normalized spacial score (nSPS) is 23.3. The van der Waals surface area contributed by atoms with Crippen molar-refractivity contribution >= 4 is 0 Å². The van der Waals surface area contributed by atoms with E-state index in [4.69, 9.17) is 26.8 Å². The molecule has 0 bridgehead atoms. The number of hydrogen-bond acceptors (Lipinski definition) is 6. The van der Waals surface area contributed by atoms with Crippen molar-refractivity contribution in [2.24, 2.45) is 16.9 Å². The van der Waals surface area contributed by atoms with Gasteiger partial charge in [-0.2, -0.15) is 0 Å². The summed E-state index contributed by atoms with van der Waals surface area (Å²) in [7, 11) is 0. The Hall–Kier alpha value is -0.240. The number of rotatable bonds is 5. The quantitative estimate of drug-likeness (QED) is 0.264. The SMILES string of the molecule is CCC(O)C(CO)(C(N)O)C(N)O. The monoisotopic (exact) mass is 194 g/mol. The Balaban J connectivity index is 4.86. The summed E-state index contributed by atoms with van der Waals surface area (Å²) in [5.74, 6) is 0. The first-order chi connectivity index (χ1) is 5.93. The summed E-state index contributed by atoms with van der Waals surface area (Å²) in [4.78, 5) is 0. The molecule has 0 aliphatic carbocycles. The largest absolute Gasteiger partial charge is 0.395 e. The maximum atomic E-state index is 9.47. The van der Waals surface area contributed by atoms with E-state index in [2.05, 4.69) is 0 Å². The highest BCUT2D eigenvalue weighted by Crippen LogP contribution is 2.28. The van der Waals surface area contributed by atoms with E-state index in [1.165, 1.54) is 0 Å². The van der Waals surface area contributed by atoms with Crippen molar-refractivity contribution in [1.82, 2.24) is 0 Å². The van der Waals surface area contributed by atoms with Crippen LogP contribution < -0.4 is 11.5 Å². The molecule has 0 aliphatic heterocycles. The van der Waals surface area contributed by atoms with Gasteiger partial charge in [0.2, 0.25) is 0 Å². The molecular formula is C7H18N2O4. The smallest absolute Gasteiger partial charge is 0.116 e. The zero-order valence-electron chi connectivity index (χ0n) is 7.59. The Labute approximate surface area is 76.8 Å². The van der Waals surface area contributed by atoms with Gasteiger partial charge in [-0.25, -0.2) is 0 Å². The zero-order chi connectivity index (χ0) is 10.6. The van der Waals surface area contributed by atoms with E-state index in [0.29, 0.717) is 0 Å². The Morgan fingerprint density at radius 1 is 1.15 bits per heavy atom. The van der Waals surface area contributed by atoms with Crippen LogP contribution in [-0.4, -0.2) is 45.6 Å². The molecule has 6 heteroatoms. The first-order valence-corrected chi connectivity index (χ1v) is 4.09. The molecule has 3 atom stereocenters. The van der Waals surface area contributed by atoms with Crippen molar-refractivity contribution in [3.05, 3.63) is 0 Å². The second-order valence-electron chi connectivity index (χ2n) is 3.08. The number of hydrogen-bond donors (Lipinski definition) is 6. The van der Waals surface area contributed by atoms with Gasteiger partial charge in [0.05, 0.1) is 18.1 Å². The molecule has 80 valence electrons. The standard InChI is InChI=1S/C7H18N2O4/c1-2-4(11)7(3-10,5(8)12)6(9)13/h4-6,10-13H,2-3,8-9H2,1H3. The molecule has 6 nitrogen and oxygen atoms in total. The van der Waals surface area contributed by atoms with Crippen molar-refractivity contribution in [3.8, 4) is 0 Å². The molecule has 0 aliphatic rings. The molecule has 0 heterocycles. The first-order valence-electron chi connectivity index (χ1n) is 4.09. The summed E-state index contributed by atoms with van der Waals surface area (Å²) in [5.41, 5.74) is 8.64. The number of aliphatic hydroxyl groups is 4. The summed E-state index contributed by atoms with van der Waals surface area (Å²) >= 11 is 0. The fraction of sp³-hybridized carbons (Fsp3) is 1.00. The molecular weight excluding hydrogens is 176 g/mol. The van der Waals surface area contributed by atoms with Crippen molar-refractivity contribution in [3.63, 3.8) is 0 Å². The molecule has 8 N–H and O–H groups in total. The van der Waals surface area contributed by atoms with Gasteiger partial charge in [-0.05, 0) is 6.42 Å². The molecule has 0 saturated heterocycles. The van der Waals surface area contributed by atoms with Gasteiger partial charge >= 0.3 is 0 Å². The minimum atomic E-state index is -1.67. The van der Waals surface area contributed by atoms with Gasteiger partial charge in [-0.15, -0.1) is 0 Å². The van der Waals surface area contributed by atoms with Crippen molar-refractivity contribution in [2.45, 2.75) is 31.9 Å². The van der Waals surface area contributed by atoms with Crippen LogP contribution in [0.4, 0.5) is 0 Å². The average molecular weight is 194 g/mol. The van der Waals surface area contributed by atoms with Crippen LogP contribution in [0.3, 0.4) is 0 Å². The highest BCUT2D eigenvalue weighted by Gasteiger charge is 2.46. The summed E-state index contributed by atoms with van der Waals surface area (Å²) in [6, 6.07) is 0. The van der Waals surface area contributed by atoms with Crippen molar-refractivity contribution < 1.29 is 20.4 Å². The minimum Gasteiger partial charge on any atom is -0.395 e. The van der Waals surface area contributed by atoms with Gasteiger partial charge in [0.1, 0.15) is 12.5 Å². The Morgan fingerprint density at radius 2 is 1.54 bits per heavy atom. The average Bonchev–Trinajstić information content (AvgIpc) is 2.04. The van der Waals surface area contributed by atoms with Gasteiger partial charge in [0.15, 0.2) is 0 Å². The first kappa shape index (κ1) is 12.8. The zero-order valence-corrected chi connectivity index (χ0v) is 7.59. The van der Waals surface area contributed by atoms with Crippen molar-refractivity contribution in [2.75, 3.05) is 6.61 Å². The van der Waals surface area contributed by atoms with Crippen LogP contribution in [0.1, 0.15) is 13.3 Å². The van der Waals surface area contributed by atoms with Crippen LogP contribution >= 0.6 is 0 Å². The van der Waals surface area contributed by atoms with E-state index in [0.717, 1.165) is 0 Å². The summed E-state index contributed by atoms with van der Waals surface area (Å²) in [6.45, 7) is 0.942. The molecule has 13 heavy (non-hydrogen) atoms. The second kappa shape index (κ2) is 4.85. The maximum absolute atomic E-state index is 9.47.